The first-order valence-corrected chi connectivity index (χ1v) is 22.2. The number of carbonyl (C=O) groups excluding carboxylic acids is 2. The summed E-state index contributed by atoms with van der Waals surface area (Å²) in [5, 5.41) is 15.5. The SMILES string of the molecule is CC1CC(c2ccc3c(C4CCC(=O)NC4=O)nn(C)c3c2)CCN1CC1CCN(c2ncc(Cl)c(Nc3ccc4c(c3)c3c(c(=O)n4C)OCC(F)(F)C(C4CC4)N3)n2)CC1. The number of hydrogen-bond donors (Lipinski definition) is 3. The number of nitrogens with zero attached hydrogens (tertiary/aromatic N) is 7. The summed E-state index contributed by atoms with van der Waals surface area (Å²) in [4.78, 5) is 51.9. The number of alkyl halides is 2. The molecule has 17 heteroatoms. The molecule has 2 aromatic carbocycles. The largest absolute Gasteiger partial charge is 0.480 e. The van der Waals surface area contributed by atoms with Crippen LogP contribution in [-0.4, -0.2) is 91.8 Å². The minimum atomic E-state index is -3.13. The summed E-state index contributed by atoms with van der Waals surface area (Å²) in [5.74, 6) is -2.33. The van der Waals surface area contributed by atoms with Crippen LogP contribution in [0.25, 0.3) is 21.8 Å². The summed E-state index contributed by atoms with van der Waals surface area (Å²) in [6.07, 6.45) is 7.97. The Kier molecular flexibility index (Phi) is 10.4. The van der Waals surface area contributed by atoms with Crippen LogP contribution in [0.3, 0.4) is 0 Å². The molecular formula is C45H51ClF2N10O4. The number of likely N-dealkylation sites (tertiary alicyclic amines) is 1. The second-order valence-corrected chi connectivity index (χ2v) is 18.5. The van der Waals surface area contributed by atoms with Crippen molar-refractivity contribution in [3.8, 4) is 5.75 Å². The lowest BCUT2D eigenvalue weighted by Gasteiger charge is -2.41. The third-order valence-electron chi connectivity index (χ3n) is 14.0. The number of amides is 2. The topological polar surface area (TPSA) is 152 Å². The lowest BCUT2D eigenvalue weighted by molar-refractivity contribution is -0.134. The molecule has 4 fully saturated rings. The fourth-order valence-electron chi connectivity index (χ4n) is 10.2. The van der Waals surface area contributed by atoms with Gasteiger partial charge in [0.1, 0.15) is 5.02 Å². The van der Waals surface area contributed by atoms with Crippen LogP contribution in [-0.2, 0) is 23.7 Å². The van der Waals surface area contributed by atoms with E-state index in [0.29, 0.717) is 76.9 Å². The van der Waals surface area contributed by atoms with Gasteiger partial charge in [0.25, 0.3) is 5.56 Å². The van der Waals surface area contributed by atoms with Crippen molar-refractivity contribution in [1.82, 2.24) is 34.5 Å². The van der Waals surface area contributed by atoms with Crippen LogP contribution in [0.2, 0.25) is 5.02 Å². The molecule has 0 radical (unpaired) electrons. The predicted molar refractivity (Wildman–Crippen MR) is 234 cm³/mol. The summed E-state index contributed by atoms with van der Waals surface area (Å²) in [5.41, 5.74) is 4.07. The van der Waals surface area contributed by atoms with Gasteiger partial charge in [0.15, 0.2) is 12.4 Å². The van der Waals surface area contributed by atoms with E-state index in [1.165, 1.54) is 10.1 Å². The highest BCUT2D eigenvalue weighted by Gasteiger charge is 2.51. The monoisotopic (exact) mass is 868 g/mol. The number of rotatable bonds is 8. The predicted octanol–water partition coefficient (Wildman–Crippen LogP) is 6.84. The standard InChI is InChI=1S/C45H51ClF2N10O4/c1-24-18-28(27-6-8-30-35(19-27)56(3)54-37(30)31-9-11-36(59)51-42(31)60)14-17-58(24)22-25-12-15-57(16-13-25)44-49-21-33(46)41(53-44)50-29-7-10-34-32(20-29)38-39(43(61)55(34)2)62-23-45(47,48)40(52-38)26-4-5-26/h6-8,10,19-21,24-26,28,31,40,52H,4-5,9,11-18,22-23H2,1-3H3,(H,49,50,53)(H,51,59,60). The normalized spacial score (nSPS) is 24.6. The Hall–Kier alpha value is -5.35. The molecule has 62 heavy (non-hydrogen) atoms. The maximum atomic E-state index is 15.2. The van der Waals surface area contributed by atoms with Crippen LogP contribution < -0.4 is 31.1 Å². The molecule has 1 saturated carbocycles. The number of halogens is 3. The van der Waals surface area contributed by atoms with E-state index >= 15 is 8.78 Å². The number of aromatic nitrogens is 5. The zero-order valence-corrected chi connectivity index (χ0v) is 35.9. The van der Waals surface area contributed by atoms with Gasteiger partial charge in [0.05, 0.1) is 40.6 Å². The molecule has 1 aliphatic carbocycles. The Morgan fingerprint density at radius 2 is 1.77 bits per heavy atom. The highest BCUT2D eigenvalue weighted by molar-refractivity contribution is 6.33. The van der Waals surface area contributed by atoms with Gasteiger partial charge in [-0.25, -0.2) is 13.8 Å². The van der Waals surface area contributed by atoms with Gasteiger partial charge in [-0.2, -0.15) is 10.1 Å². The van der Waals surface area contributed by atoms with E-state index in [9.17, 15) is 14.4 Å². The van der Waals surface area contributed by atoms with Crippen molar-refractivity contribution in [2.45, 2.75) is 88.1 Å². The number of ether oxygens (including phenoxy) is 1. The van der Waals surface area contributed by atoms with Gasteiger partial charge in [-0.1, -0.05) is 23.7 Å². The molecule has 7 heterocycles. The molecule has 326 valence electrons. The molecule has 3 aromatic heterocycles. The zero-order valence-electron chi connectivity index (χ0n) is 35.1. The molecule has 2 amide bonds. The number of pyridine rings is 1. The van der Waals surface area contributed by atoms with E-state index < -0.39 is 30.0 Å². The molecule has 4 atom stereocenters. The molecule has 0 bridgehead atoms. The van der Waals surface area contributed by atoms with Crippen LogP contribution in [0.5, 0.6) is 5.75 Å². The number of aryl methyl sites for hydroxylation is 2. The molecule has 4 unspecified atom stereocenters. The highest BCUT2D eigenvalue weighted by Crippen LogP contribution is 2.46. The van der Waals surface area contributed by atoms with E-state index in [1.807, 2.05) is 23.9 Å². The molecular weight excluding hydrogens is 818 g/mol. The van der Waals surface area contributed by atoms with Crippen molar-refractivity contribution >= 4 is 68.4 Å². The Bertz CT molecular complexity index is 2660. The van der Waals surface area contributed by atoms with Crippen LogP contribution in [0.15, 0.2) is 47.4 Å². The fraction of sp³-hybridized carbons (Fsp3) is 0.511. The van der Waals surface area contributed by atoms with Crippen molar-refractivity contribution in [2.75, 3.05) is 48.3 Å². The van der Waals surface area contributed by atoms with Crippen LogP contribution in [0, 0.1) is 11.8 Å². The molecule has 3 N–H and O–H groups in total. The minimum absolute atomic E-state index is 0.103. The van der Waals surface area contributed by atoms with Crippen molar-refractivity contribution in [2.24, 2.45) is 25.9 Å². The zero-order chi connectivity index (χ0) is 43.0. The van der Waals surface area contributed by atoms with Gasteiger partial charge in [0.2, 0.25) is 23.5 Å². The van der Waals surface area contributed by atoms with Crippen molar-refractivity contribution < 1.29 is 23.1 Å². The summed E-state index contributed by atoms with van der Waals surface area (Å²) >= 11 is 6.65. The number of imide groups is 1. The van der Waals surface area contributed by atoms with Gasteiger partial charge in [-0.3, -0.25) is 24.4 Å². The third kappa shape index (κ3) is 7.52. The number of anilines is 4. The van der Waals surface area contributed by atoms with Crippen LogP contribution in [0.4, 0.5) is 31.9 Å². The molecule has 4 aliphatic heterocycles. The number of carbonyl (C=O) groups is 2. The van der Waals surface area contributed by atoms with Crippen molar-refractivity contribution in [3.63, 3.8) is 0 Å². The first kappa shape index (κ1) is 40.7. The van der Waals surface area contributed by atoms with E-state index in [0.717, 1.165) is 68.5 Å². The number of nitrogens with one attached hydrogen (secondary N) is 3. The van der Waals surface area contributed by atoms with Crippen molar-refractivity contribution in [3.05, 3.63) is 69.2 Å². The molecule has 3 saturated heterocycles. The minimum Gasteiger partial charge on any atom is -0.480 e. The van der Waals surface area contributed by atoms with Crippen LogP contribution >= 0.6 is 11.6 Å². The average molecular weight is 869 g/mol. The second kappa shape index (κ2) is 15.8. The average Bonchev–Trinajstić information content (AvgIpc) is 4.06. The lowest BCUT2D eigenvalue weighted by atomic mass is 9.84. The summed E-state index contributed by atoms with van der Waals surface area (Å²) in [7, 11) is 3.53. The fourth-order valence-corrected chi connectivity index (χ4v) is 10.4. The Labute approximate surface area is 362 Å². The maximum absolute atomic E-state index is 15.2. The Balaban J connectivity index is 0.774. The van der Waals surface area contributed by atoms with E-state index in [2.05, 4.69) is 55.9 Å². The lowest BCUT2D eigenvalue weighted by Crippen LogP contribution is -2.45. The summed E-state index contributed by atoms with van der Waals surface area (Å²) in [6, 6.07) is 11.3. The van der Waals surface area contributed by atoms with Gasteiger partial charge in [0, 0.05) is 62.7 Å². The third-order valence-corrected chi connectivity index (χ3v) is 14.2. The van der Waals surface area contributed by atoms with E-state index in [4.69, 9.17) is 26.4 Å². The highest BCUT2D eigenvalue weighted by atomic mass is 35.5. The number of fused-ring (bicyclic) bond motifs is 4. The quantitative estimate of drug-likeness (QED) is 0.141. The Morgan fingerprint density at radius 3 is 2.53 bits per heavy atom. The van der Waals surface area contributed by atoms with E-state index in [-0.39, 0.29) is 29.2 Å². The number of hydrogen-bond acceptors (Lipinski definition) is 11. The molecule has 5 aromatic rings. The molecule has 5 aliphatic rings. The first-order valence-electron chi connectivity index (χ1n) is 21.8. The van der Waals surface area contributed by atoms with Gasteiger partial charge < -0.3 is 29.7 Å². The van der Waals surface area contributed by atoms with Gasteiger partial charge in [-0.05, 0) is 106 Å². The van der Waals surface area contributed by atoms with Gasteiger partial charge >= 0.3 is 5.92 Å². The second-order valence-electron chi connectivity index (χ2n) is 18.1. The smallest absolute Gasteiger partial charge is 0.301 e. The number of piperidine rings is 3. The molecule has 0 spiro atoms. The first-order chi connectivity index (χ1) is 29.8. The molecule has 10 rings (SSSR count). The maximum Gasteiger partial charge on any atom is 0.301 e. The number of benzene rings is 2. The summed E-state index contributed by atoms with van der Waals surface area (Å²) in [6.45, 7) is 5.18. The summed E-state index contributed by atoms with van der Waals surface area (Å²) < 4.78 is 39.2. The van der Waals surface area contributed by atoms with Gasteiger partial charge in [-0.15, -0.1) is 0 Å². The Morgan fingerprint density at radius 1 is 0.968 bits per heavy atom. The van der Waals surface area contributed by atoms with Crippen molar-refractivity contribution in [1.29, 1.82) is 0 Å². The van der Waals surface area contributed by atoms with E-state index in [1.54, 1.807) is 19.3 Å². The molecule has 14 nitrogen and oxygen atoms in total. The van der Waals surface area contributed by atoms with Crippen LogP contribution in [0.1, 0.15) is 81.4 Å².